The van der Waals surface area contributed by atoms with E-state index in [0.29, 0.717) is 22.9 Å². The monoisotopic (exact) mass is 353 g/mol. The van der Waals surface area contributed by atoms with E-state index in [1.54, 1.807) is 30.3 Å². The van der Waals surface area contributed by atoms with Gasteiger partial charge in [-0.15, -0.1) is 0 Å². The molecule has 0 saturated carbocycles. The summed E-state index contributed by atoms with van der Waals surface area (Å²) >= 11 is 7.27. The second-order valence-electron chi connectivity index (χ2n) is 4.47. The van der Waals surface area contributed by atoms with Crippen LogP contribution in [0.5, 0.6) is 0 Å². The second-order valence-corrected chi connectivity index (χ2v) is 5.89. The number of carbonyl (C=O) groups is 2. The number of anilines is 1. The summed E-state index contributed by atoms with van der Waals surface area (Å²) in [5.41, 5.74) is 0.271. The van der Waals surface area contributed by atoms with E-state index in [-0.39, 0.29) is 5.57 Å². The minimum absolute atomic E-state index is 0.213. The molecule has 0 aromatic heterocycles. The van der Waals surface area contributed by atoms with Gasteiger partial charge in [0.2, 0.25) is 0 Å². The predicted octanol–water partition coefficient (Wildman–Crippen LogP) is 2.48. The number of thioether (sulfide) groups is 1. The van der Waals surface area contributed by atoms with Crippen LogP contribution in [-0.2, 0) is 9.59 Å². The maximum absolute atomic E-state index is 12.0. The van der Waals surface area contributed by atoms with Gasteiger partial charge < -0.3 is 15.7 Å². The van der Waals surface area contributed by atoms with E-state index in [1.807, 2.05) is 6.26 Å². The largest absolute Gasteiger partial charge is 0.480 e. The van der Waals surface area contributed by atoms with Crippen LogP contribution >= 0.6 is 23.4 Å². The minimum atomic E-state index is -1.04. The van der Waals surface area contributed by atoms with Gasteiger partial charge in [-0.05, 0) is 42.7 Å². The van der Waals surface area contributed by atoms with E-state index in [9.17, 15) is 9.59 Å². The topological polar surface area (TPSA) is 102 Å². The Kier molecular flexibility index (Phi) is 8.02. The molecule has 0 spiro atoms. The summed E-state index contributed by atoms with van der Waals surface area (Å²) in [5, 5.41) is 23.8. The molecule has 0 saturated heterocycles. The summed E-state index contributed by atoms with van der Waals surface area (Å²) in [6.45, 7) is 0. The molecule has 23 heavy (non-hydrogen) atoms. The molecule has 6 nitrogen and oxygen atoms in total. The number of nitrogens with one attached hydrogen (secondary N) is 2. The number of carboxylic acids is 1. The summed E-state index contributed by atoms with van der Waals surface area (Å²) < 4.78 is 0. The Bertz CT molecular complexity index is 626. The average Bonchev–Trinajstić information content (AvgIpc) is 2.52. The lowest BCUT2D eigenvalue weighted by Gasteiger charge is -2.12. The normalized spacial score (nSPS) is 12.1. The number of nitriles is 1. The van der Waals surface area contributed by atoms with Crippen LogP contribution in [0.15, 0.2) is 36.0 Å². The molecule has 0 radical (unpaired) electrons. The Balaban J connectivity index is 2.73. The molecule has 0 aliphatic heterocycles. The van der Waals surface area contributed by atoms with E-state index in [1.165, 1.54) is 11.8 Å². The van der Waals surface area contributed by atoms with Crippen molar-refractivity contribution < 1.29 is 14.7 Å². The number of aliphatic carboxylic acids is 1. The Labute approximate surface area is 143 Å². The quantitative estimate of drug-likeness (QED) is 0.490. The molecule has 1 amide bonds. The SMILES string of the molecule is CSCCC(N/C=C(/C#N)C(=O)Nc1ccc(Cl)cc1)C(=O)O. The highest BCUT2D eigenvalue weighted by Gasteiger charge is 2.16. The molecule has 1 atom stereocenters. The third-order valence-corrected chi connectivity index (χ3v) is 3.70. The maximum atomic E-state index is 12.0. The zero-order valence-electron chi connectivity index (χ0n) is 12.4. The molecular weight excluding hydrogens is 338 g/mol. The van der Waals surface area contributed by atoms with Crippen LogP contribution in [0.1, 0.15) is 6.42 Å². The molecule has 1 aromatic rings. The lowest BCUT2D eigenvalue weighted by molar-refractivity contribution is -0.139. The molecule has 0 heterocycles. The van der Waals surface area contributed by atoms with Crippen molar-refractivity contribution in [2.24, 2.45) is 0 Å². The first kappa shape index (κ1) is 18.9. The van der Waals surface area contributed by atoms with Gasteiger partial charge in [0.25, 0.3) is 5.91 Å². The van der Waals surface area contributed by atoms with Gasteiger partial charge in [-0.1, -0.05) is 11.6 Å². The molecule has 1 rings (SSSR count). The van der Waals surface area contributed by atoms with Gasteiger partial charge in [-0.25, -0.2) is 4.79 Å². The molecule has 8 heteroatoms. The minimum Gasteiger partial charge on any atom is -0.480 e. The van der Waals surface area contributed by atoms with Gasteiger partial charge >= 0.3 is 5.97 Å². The molecule has 0 aliphatic rings. The van der Waals surface area contributed by atoms with E-state index >= 15 is 0 Å². The molecule has 0 aliphatic carbocycles. The van der Waals surface area contributed by atoms with E-state index in [0.717, 1.165) is 6.20 Å². The fourth-order valence-corrected chi connectivity index (χ4v) is 2.18. The number of amides is 1. The Hall–Kier alpha value is -2.17. The highest BCUT2D eigenvalue weighted by Crippen LogP contribution is 2.14. The van der Waals surface area contributed by atoms with Crippen molar-refractivity contribution in [3.05, 3.63) is 41.1 Å². The standard InChI is InChI=1S/C15H16ClN3O3S/c1-23-7-6-13(15(21)22)18-9-10(8-17)14(20)19-12-4-2-11(16)3-5-12/h2-5,9,13,18H,6-7H2,1H3,(H,19,20)(H,21,22)/b10-9-. The molecule has 3 N–H and O–H groups in total. The van der Waals surface area contributed by atoms with Crippen molar-refractivity contribution >= 4 is 40.9 Å². The number of halogens is 1. The van der Waals surface area contributed by atoms with Gasteiger partial charge in [-0.3, -0.25) is 4.79 Å². The van der Waals surface area contributed by atoms with E-state index < -0.39 is 17.9 Å². The van der Waals surface area contributed by atoms with Crippen LogP contribution in [0.2, 0.25) is 5.02 Å². The van der Waals surface area contributed by atoms with Crippen LogP contribution in [0, 0.1) is 11.3 Å². The number of carboxylic acid groups (broad SMARTS) is 1. The molecular formula is C15H16ClN3O3S. The summed E-state index contributed by atoms with van der Waals surface area (Å²) in [6, 6.07) is 7.30. The third-order valence-electron chi connectivity index (χ3n) is 2.80. The van der Waals surface area contributed by atoms with Crippen LogP contribution in [0.3, 0.4) is 0 Å². The third kappa shape index (κ3) is 6.63. The molecule has 1 unspecified atom stereocenters. The van der Waals surface area contributed by atoms with Crippen LogP contribution in [0.4, 0.5) is 5.69 Å². The summed E-state index contributed by atoms with van der Waals surface area (Å²) in [7, 11) is 0. The highest BCUT2D eigenvalue weighted by molar-refractivity contribution is 7.98. The van der Waals surface area contributed by atoms with Crippen molar-refractivity contribution in [1.29, 1.82) is 5.26 Å². The molecule has 122 valence electrons. The Morgan fingerprint density at radius 3 is 2.61 bits per heavy atom. The van der Waals surface area contributed by atoms with E-state index in [4.69, 9.17) is 22.0 Å². The van der Waals surface area contributed by atoms with Gasteiger partial charge in [-0.2, -0.15) is 17.0 Å². The summed E-state index contributed by atoms with van der Waals surface area (Å²) in [5.74, 6) is -1.02. The first-order chi connectivity index (χ1) is 11.0. The number of nitrogens with zero attached hydrogens (tertiary/aromatic N) is 1. The fraction of sp³-hybridized carbons (Fsp3) is 0.267. The molecule has 0 fully saturated rings. The summed E-state index contributed by atoms with van der Waals surface area (Å²) in [4.78, 5) is 23.1. The highest BCUT2D eigenvalue weighted by atomic mass is 35.5. The van der Waals surface area contributed by atoms with Gasteiger partial charge in [0.15, 0.2) is 0 Å². The second kappa shape index (κ2) is 9.77. The lowest BCUT2D eigenvalue weighted by atomic mass is 10.2. The number of benzene rings is 1. The first-order valence-corrected chi connectivity index (χ1v) is 8.40. The zero-order chi connectivity index (χ0) is 17.2. The predicted molar refractivity (Wildman–Crippen MR) is 91.3 cm³/mol. The number of rotatable bonds is 8. The zero-order valence-corrected chi connectivity index (χ0v) is 13.9. The van der Waals surface area contributed by atoms with Crippen LogP contribution < -0.4 is 10.6 Å². The average molecular weight is 354 g/mol. The van der Waals surface area contributed by atoms with Crippen molar-refractivity contribution in [2.45, 2.75) is 12.5 Å². The van der Waals surface area contributed by atoms with E-state index in [2.05, 4.69) is 10.6 Å². The van der Waals surface area contributed by atoms with Crippen molar-refractivity contribution in [3.8, 4) is 6.07 Å². The lowest BCUT2D eigenvalue weighted by Crippen LogP contribution is -2.34. The number of hydrogen-bond acceptors (Lipinski definition) is 5. The van der Waals surface area contributed by atoms with Crippen molar-refractivity contribution in [3.63, 3.8) is 0 Å². The van der Waals surface area contributed by atoms with Crippen LogP contribution in [0.25, 0.3) is 0 Å². The number of carbonyl (C=O) groups excluding carboxylic acids is 1. The van der Waals surface area contributed by atoms with Gasteiger partial charge in [0.1, 0.15) is 17.7 Å². The molecule has 0 bridgehead atoms. The fourth-order valence-electron chi connectivity index (χ4n) is 1.58. The van der Waals surface area contributed by atoms with Gasteiger partial charge in [0.05, 0.1) is 0 Å². The maximum Gasteiger partial charge on any atom is 0.326 e. The Morgan fingerprint density at radius 1 is 1.43 bits per heavy atom. The smallest absolute Gasteiger partial charge is 0.326 e. The van der Waals surface area contributed by atoms with Crippen LogP contribution in [-0.4, -0.2) is 35.0 Å². The summed E-state index contributed by atoms with van der Waals surface area (Å²) in [6.07, 6.45) is 3.38. The van der Waals surface area contributed by atoms with Crippen molar-refractivity contribution in [2.75, 3.05) is 17.3 Å². The first-order valence-electron chi connectivity index (χ1n) is 6.63. The van der Waals surface area contributed by atoms with Gasteiger partial charge in [0, 0.05) is 16.9 Å². The Morgan fingerprint density at radius 2 is 2.09 bits per heavy atom. The number of hydrogen-bond donors (Lipinski definition) is 3. The van der Waals surface area contributed by atoms with Crippen molar-refractivity contribution in [1.82, 2.24) is 5.32 Å². The molecule has 1 aromatic carbocycles.